The predicted octanol–water partition coefficient (Wildman–Crippen LogP) is 4.48. The highest BCUT2D eigenvalue weighted by atomic mass is 79.9. The van der Waals surface area contributed by atoms with Crippen LogP contribution >= 0.6 is 27.7 Å². The Bertz CT molecular complexity index is 444. The molecule has 1 aliphatic heterocycles. The van der Waals surface area contributed by atoms with E-state index in [1.165, 1.54) is 11.8 Å². The van der Waals surface area contributed by atoms with Gasteiger partial charge in [0.05, 0.1) is 10.6 Å². The highest BCUT2D eigenvalue weighted by molar-refractivity contribution is 9.08. The molecule has 5 heteroatoms. The number of rotatable bonds is 1. The van der Waals surface area contributed by atoms with Crippen molar-refractivity contribution in [1.29, 1.82) is 0 Å². The molecule has 1 heterocycles. The Morgan fingerprint density at radius 2 is 1.79 bits per heavy atom. The van der Waals surface area contributed by atoms with E-state index < -0.39 is 0 Å². The Hall–Kier alpha value is -1.07. The number of amidine groups is 1. The van der Waals surface area contributed by atoms with Crippen LogP contribution in [0.1, 0.15) is 20.8 Å². The molecule has 1 aliphatic rings. The Morgan fingerprint density at radius 3 is 2.26 bits per heavy atom. The molecule has 104 valence electrons. The molecule has 0 aliphatic carbocycles. The highest BCUT2D eigenvalue weighted by Crippen LogP contribution is 2.25. The van der Waals surface area contributed by atoms with Gasteiger partial charge in [0.1, 0.15) is 0 Å². The topological polar surface area (TPSA) is 41.5 Å². The van der Waals surface area contributed by atoms with Gasteiger partial charge in [0.15, 0.2) is 5.17 Å². The van der Waals surface area contributed by atoms with E-state index in [1.807, 2.05) is 56.9 Å². The second-order valence-electron chi connectivity index (χ2n) is 2.96. The molecule has 0 spiro atoms. The predicted molar refractivity (Wildman–Crippen MR) is 89.2 cm³/mol. The highest BCUT2D eigenvalue weighted by Gasteiger charge is 2.22. The van der Waals surface area contributed by atoms with Crippen LogP contribution in [0.3, 0.4) is 0 Å². The molecule has 1 amide bonds. The molecule has 0 aromatic heterocycles. The number of nitrogens with one attached hydrogen (secondary N) is 1. The molecule has 1 saturated heterocycles. The number of thioether (sulfide) groups is 1. The van der Waals surface area contributed by atoms with E-state index in [0.717, 1.165) is 5.69 Å². The largest absolute Gasteiger partial charge is 0.300 e. The van der Waals surface area contributed by atoms with Crippen molar-refractivity contribution in [3.05, 3.63) is 41.3 Å². The van der Waals surface area contributed by atoms with Crippen molar-refractivity contribution in [2.45, 2.75) is 20.8 Å². The molecule has 1 aromatic rings. The summed E-state index contributed by atoms with van der Waals surface area (Å²) in [7, 11) is 0. The first kappa shape index (κ1) is 17.9. The van der Waals surface area contributed by atoms with Gasteiger partial charge in [-0.1, -0.05) is 54.1 Å². The maximum absolute atomic E-state index is 11.3. The normalized spacial score (nSPS) is 17.2. The van der Waals surface area contributed by atoms with Crippen molar-refractivity contribution in [2.24, 2.45) is 4.99 Å². The number of carbonyl (C=O) groups excluding carboxylic acids is 1. The summed E-state index contributed by atoms with van der Waals surface area (Å²) in [6.07, 6.45) is 1.79. The third kappa shape index (κ3) is 6.07. The number of aliphatic imine (C=N–C) groups is 1. The Kier molecular flexibility index (Phi) is 10.2. The summed E-state index contributed by atoms with van der Waals surface area (Å²) in [5.74, 6) is 1.74. The van der Waals surface area contributed by atoms with Gasteiger partial charge in [0, 0.05) is 0 Å². The summed E-state index contributed by atoms with van der Waals surface area (Å²) in [5, 5.41) is 3.35. The van der Waals surface area contributed by atoms with Gasteiger partial charge >= 0.3 is 0 Å². The van der Waals surface area contributed by atoms with Crippen molar-refractivity contribution >= 4 is 44.5 Å². The maximum atomic E-state index is 11.3. The maximum Gasteiger partial charge on any atom is 0.263 e. The molecule has 0 saturated carbocycles. The van der Waals surface area contributed by atoms with Crippen molar-refractivity contribution in [3.63, 3.8) is 0 Å². The molecule has 0 radical (unpaired) electrons. The van der Waals surface area contributed by atoms with Gasteiger partial charge < -0.3 is 5.32 Å². The quantitative estimate of drug-likeness (QED) is 0.603. The van der Waals surface area contributed by atoms with Crippen molar-refractivity contribution in [3.8, 4) is 0 Å². The van der Waals surface area contributed by atoms with Crippen LogP contribution in [0.25, 0.3) is 0 Å². The fourth-order valence-electron chi connectivity index (χ4n) is 1.20. The van der Waals surface area contributed by atoms with Crippen molar-refractivity contribution in [1.82, 2.24) is 5.32 Å². The van der Waals surface area contributed by atoms with Crippen LogP contribution in [0.15, 0.2) is 46.3 Å². The van der Waals surface area contributed by atoms with Crippen LogP contribution in [0.5, 0.6) is 0 Å². The number of amides is 1. The van der Waals surface area contributed by atoms with E-state index in [-0.39, 0.29) is 5.91 Å². The molecule has 1 fully saturated rings. The Morgan fingerprint density at radius 1 is 1.21 bits per heavy atom. The number of hydrogen-bond acceptors (Lipinski definition) is 3. The summed E-state index contributed by atoms with van der Waals surface area (Å²) in [6, 6.07) is 9.55. The fraction of sp³-hybridized carbons (Fsp3) is 0.286. The fourth-order valence-corrected chi connectivity index (χ4v) is 1.96. The summed E-state index contributed by atoms with van der Waals surface area (Å²) in [4.78, 5) is 16.3. The van der Waals surface area contributed by atoms with Crippen LogP contribution < -0.4 is 5.32 Å². The van der Waals surface area contributed by atoms with E-state index >= 15 is 0 Å². The van der Waals surface area contributed by atoms with Crippen molar-refractivity contribution in [2.75, 3.05) is 5.83 Å². The molecule has 3 nitrogen and oxygen atoms in total. The number of nitrogens with zero attached hydrogens (tertiary/aromatic N) is 1. The zero-order chi connectivity index (χ0) is 14.7. The smallest absolute Gasteiger partial charge is 0.263 e. The van der Waals surface area contributed by atoms with Crippen LogP contribution in [-0.2, 0) is 4.79 Å². The minimum atomic E-state index is -0.0721. The van der Waals surface area contributed by atoms with Gasteiger partial charge in [-0.25, -0.2) is 4.99 Å². The number of halogens is 1. The average Bonchev–Trinajstić information content (AvgIpc) is 2.84. The van der Waals surface area contributed by atoms with Crippen LogP contribution in [0.2, 0.25) is 0 Å². The summed E-state index contributed by atoms with van der Waals surface area (Å²) in [6.45, 7) is 5.84. The molecular weight excluding hydrogens is 324 g/mol. The molecule has 0 atom stereocenters. The Balaban J connectivity index is 0.000000741. The van der Waals surface area contributed by atoms with E-state index in [9.17, 15) is 4.79 Å². The number of allylic oxidation sites excluding steroid dienone is 1. The molecule has 1 N–H and O–H groups in total. The summed E-state index contributed by atoms with van der Waals surface area (Å²) >= 11 is 4.30. The molecule has 1 aromatic carbocycles. The average molecular weight is 343 g/mol. The van der Waals surface area contributed by atoms with Gasteiger partial charge in [-0.15, -0.1) is 0 Å². The van der Waals surface area contributed by atoms with E-state index in [4.69, 9.17) is 0 Å². The van der Waals surface area contributed by atoms with E-state index in [2.05, 4.69) is 26.2 Å². The third-order valence-corrected chi connectivity index (χ3v) is 2.93. The number of benzene rings is 1. The lowest BCUT2D eigenvalue weighted by atomic mass is 10.3. The second kappa shape index (κ2) is 10.8. The monoisotopic (exact) mass is 342 g/mol. The summed E-state index contributed by atoms with van der Waals surface area (Å²) < 4.78 is 0. The minimum Gasteiger partial charge on any atom is -0.300 e. The zero-order valence-corrected chi connectivity index (χ0v) is 14.0. The van der Waals surface area contributed by atoms with E-state index in [1.54, 1.807) is 6.08 Å². The first-order valence-electron chi connectivity index (χ1n) is 5.96. The van der Waals surface area contributed by atoms with Crippen LogP contribution in [0.4, 0.5) is 5.69 Å². The van der Waals surface area contributed by atoms with Gasteiger partial charge in [-0.3, -0.25) is 4.79 Å². The number of para-hydroxylation sites is 1. The van der Waals surface area contributed by atoms with Crippen LogP contribution in [0, 0.1) is 0 Å². The number of hydrogen-bond donors (Lipinski definition) is 1. The lowest BCUT2D eigenvalue weighted by Crippen LogP contribution is -2.19. The molecule has 0 bridgehead atoms. The number of alkyl halides is 1. The van der Waals surface area contributed by atoms with Gasteiger partial charge in [0.25, 0.3) is 5.91 Å². The SMILES string of the molecule is CBr.CC.CC=C1SC(=Nc2ccccc2)NC1=O. The van der Waals surface area contributed by atoms with Crippen LogP contribution in [-0.4, -0.2) is 16.9 Å². The van der Waals surface area contributed by atoms with Crippen molar-refractivity contribution < 1.29 is 4.79 Å². The molecule has 19 heavy (non-hydrogen) atoms. The first-order chi connectivity index (χ1) is 9.29. The van der Waals surface area contributed by atoms with Gasteiger partial charge in [-0.05, 0) is 36.7 Å². The lowest BCUT2D eigenvalue weighted by molar-refractivity contribution is -0.115. The zero-order valence-electron chi connectivity index (χ0n) is 11.6. The first-order valence-corrected chi connectivity index (χ1v) is 8.37. The minimum absolute atomic E-state index is 0.0721. The molecule has 0 unspecified atom stereocenters. The standard InChI is InChI=1S/C11H10N2OS.C2H6.CH3Br/c1-2-9-10(14)13-11(15-9)12-8-6-4-3-5-7-8;2*1-2/h2-7H,1H3,(H,12,13,14);1-2H3;1H3. The Labute approximate surface area is 127 Å². The lowest BCUT2D eigenvalue weighted by Gasteiger charge is -1.94. The summed E-state index contributed by atoms with van der Waals surface area (Å²) in [5.41, 5.74) is 0.845. The van der Waals surface area contributed by atoms with E-state index in [0.29, 0.717) is 10.1 Å². The molecular formula is C14H19BrN2OS. The second-order valence-corrected chi connectivity index (χ2v) is 3.99. The molecule has 2 rings (SSSR count). The third-order valence-electron chi connectivity index (χ3n) is 1.90. The van der Waals surface area contributed by atoms with Gasteiger partial charge in [-0.2, -0.15) is 0 Å². The van der Waals surface area contributed by atoms with Gasteiger partial charge in [0.2, 0.25) is 0 Å². The number of carbonyl (C=O) groups is 1.